The molecule has 0 saturated heterocycles. The number of allylic oxidation sites excluding steroid dienone is 1. The second kappa shape index (κ2) is 13.9. The molecule has 0 aliphatic carbocycles. The molecule has 5 N–H and O–H groups in total. The number of methoxy groups -OCH3 is 1. The highest BCUT2D eigenvalue weighted by atomic mass is 19.3. The molecule has 16 heteroatoms. The molecule has 0 saturated carbocycles. The van der Waals surface area contributed by atoms with Crippen molar-refractivity contribution in [2.45, 2.75) is 31.9 Å². The normalized spacial score (nSPS) is 11.9. The number of nitrogens with one attached hydrogen (secondary N) is 2. The first-order valence-corrected chi connectivity index (χ1v) is 12.2. The van der Waals surface area contributed by atoms with E-state index in [0.29, 0.717) is 4.57 Å². The van der Waals surface area contributed by atoms with Crippen molar-refractivity contribution >= 4 is 40.6 Å². The Morgan fingerprint density at radius 1 is 1.19 bits per heavy atom. The van der Waals surface area contributed by atoms with Crippen molar-refractivity contribution in [1.82, 2.24) is 14.5 Å². The number of alkyl carbamates (subject to hydrolysis) is 1. The van der Waals surface area contributed by atoms with Crippen LogP contribution >= 0.6 is 0 Å². The average molecular weight is 594 g/mol. The minimum Gasteiger partial charge on any atom is -0.485 e. The molecular weight excluding hydrogens is 567 g/mol. The van der Waals surface area contributed by atoms with E-state index in [2.05, 4.69) is 15.4 Å². The molecule has 1 atom stereocenters. The highest BCUT2D eigenvalue weighted by molar-refractivity contribution is 5.96. The summed E-state index contributed by atoms with van der Waals surface area (Å²) in [7, 11) is 1.09. The molecule has 42 heavy (non-hydrogen) atoms. The Kier molecular flexibility index (Phi) is 10.3. The van der Waals surface area contributed by atoms with Gasteiger partial charge in [0, 0.05) is 17.6 Å². The van der Waals surface area contributed by atoms with Crippen LogP contribution in [0.2, 0.25) is 0 Å². The van der Waals surface area contributed by atoms with Crippen molar-refractivity contribution in [3.8, 4) is 5.75 Å². The Morgan fingerprint density at radius 3 is 2.57 bits per heavy atom. The van der Waals surface area contributed by atoms with Crippen LogP contribution in [0.25, 0.3) is 10.9 Å². The van der Waals surface area contributed by atoms with Gasteiger partial charge in [-0.3, -0.25) is 14.4 Å². The van der Waals surface area contributed by atoms with Crippen LogP contribution in [0.4, 0.5) is 28.4 Å². The van der Waals surface area contributed by atoms with Crippen molar-refractivity contribution in [3.63, 3.8) is 0 Å². The Hall–Kier alpha value is -5.28. The number of benzene rings is 1. The number of hydrogen-bond donors (Lipinski definition) is 4. The molecule has 2 heterocycles. The largest absolute Gasteiger partial charge is 0.485 e. The molecule has 0 aliphatic heterocycles. The number of amides is 3. The van der Waals surface area contributed by atoms with E-state index in [-0.39, 0.29) is 41.7 Å². The summed E-state index contributed by atoms with van der Waals surface area (Å²) in [4.78, 5) is 60.9. The lowest BCUT2D eigenvalue weighted by atomic mass is 10.1. The molecular formula is C26H26F3N5O8. The number of aromatic nitrogens is 2. The van der Waals surface area contributed by atoms with Crippen molar-refractivity contribution in [2.75, 3.05) is 19.0 Å². The summed E-state index contributed by atoms with van der Waals surface area (Å²) in [6.07, 6.45) is -1.42. The van der Waals surface area contributed by atoms with E-state index in [1.807, 2.05) is 0 Å². The lowest BCUT2D eigenvalue weighted by molar-refractivity contribution is -0.118. The molecule has 0 bridgehead atoms. The molecule has 0 aliphatic rings. The SMILES string of the molecule is COC(=O)NC(CC/C=C/C(N)=O)C(=O)Nc1cccn(Cc2cc3cc(F)cc(OCC(F)F)c3n2C(=O)O)c1=O. The maximum Gasteiger partial charge on any atom is 0.416 e. The van der Waals surface area contributed by atoms with E-state index in [9.17, 15) is 42.3 Å². The van der Waals surface area contributed by atoms with Gasteiger partial charge in [-0.1, -0.05) is 6.08 Å². The van der Waals surface area contributed by atoms with Crippen LogP contribution in [0.15, 0.2) is 53.5 Å². The number of carboxylic acid groups (broad SMARTS) is 1. The maximum absolute atomic E-state index is 14.2. The summed E-state index contributed by atoms with van der Waals surface area (Å²) in [5.74, 6) is -2.78. The van der Waals surface area contributed by atoms with E-state index in [4.69, 9.17) is 10.5 Å². The van der Waals surface area contributed by atoms with Gasteiger partial charge in [0.05, 0.1) is 19.3 Å². The van der Waals surface area contributed by atoms with Gasteiger partial charge in [0.1, 0.15) is 35.4 Å². The van der Waals surface area contributed by atoms with E-state index >= 15 is 0 Å². The Balaban J connectivity index is 1.92. The van der Waals surface area contributed by atoms with Crippen LogP contribution in [0, 0.1) is 5.82 Å². The molecule has 3 amide bonds. The van der Waals surface area contributed by atoms with Crippen molar-refractivity contribution < 1.29 is 46.9 Å². The fraction of sp³-hybridized carbons (Fsp3) is 0.269. The van der Waals surface area contributed by atoms with Crippen molar-refractivity contribution in [1.29, 1.82) is 0 Å². The summed E-state index contributed by atoms with van der Waals surface area (Å²) in [5.41, 5.74) is 3.80. The monoisotopic (exact) mass is 593 g/mol. The number of alkyl halides is 2. The number of rotatable bonds is 12. The number of ether oxygens (including phenoxy) is 2. The summed E-state index contributed by atoms with van der Waals surface area (Å²) < 4.78 is 50.8. The van der Waals surface area contributed by atoms with Crippen LogP contribution in [0.3, 0.4) is 0 Å². The Morgan fingerprint density at radius 2 is 1.93 bits per heavy atom. The van der Waals surface area contributed by atoms with Gasteiger partial charge in [-0.15, -0.1) is 0 Å². The zero-order valence-electron chi connectivity index (χ0n) is 22.0. The summed E-state index contributed by atoms with van der Waals surface area (Å²) >= 11 is 0. The number of anilines is 1. The fourth-order valence-electron chi connectivity index (χ4n) is 4.01. The lowest BCUT2D eigenvalue weighted by Gasteiger charge is -2.17. The third kappa shape index (κ3) is 7.89. The number of primary amides is 1. The molecule has 0 spiro atoms. The third-order valence-corrected chi connectivity index (χ3v) is 5.77. The highest BCUT2D eigenvalue weighted by Crippen LogP contribution is 2.31. The van der Waals surface area contributed by atoms with E-state index in [0.717, 1.165) is 29.9 Å². The summed E-state index contributed by atoms with van der Waals surface area (Å²) in [5, 5.41) is 14.6. The zero-order valence-corrected chi connectivity index (χ0v) is 22.0. The zero-order chi connectivity index (χ0) is 31.0. The van der Waals surface area contributed by atoms with Gasteiger partial charge in [0.15, 0.2) is 0 Å². The predicted octanol–water partition coefficient (Wildman–Crippen LogP) is 2.65. The van der Waals surface area contributed by atoms with Gasteiger partial charge in [-0.05, 0) is 43.2 Å². The number of carbonyl (C=O) groups excluding carboxylic acids is 3. The summed E-state index contributed by atoms with van der Waals surface area (Å²) in [6, 6.07) is 4.50. The summed E-state index contributed by atoms with van der Waals surface area (Å²) in [6.45, 7) is -1.49. The molecule has 3 rings (SSSR count). The Labute approximate surface area is 235 Å². The molecule has 0 fully saturated rings. The minimum atomic E-state index is -2.90. The van der Waals surface area contributed by atoms with Gasteiger partial charge >= 0.3 is 12.2 Å². The van der Waals surface area contributed by atoms with Crippen LogP contribution < -0.4 is 26.7 Å². The average Bonchev–Trinajstić information content (AvgIpc) is 3.28. The number of nitrogens with two attached hydrogens (primary N) is 1. The van der Waals surface area contributed by atoms with Crippen LogP contribution in [0.5, 0.6) is 5.75 Å². The first kappa shape index (κ1) is 31.3. The van der Waals surface area contributed by atoms with Gasteiger partial charge in [-0.2, -0.15) is 0 Å². The van der Waals surface area contributed by atoms with E-state index in [1.54, 1.807) is 0 Å². The number of hydrogen-bond acceptors (Lipinski definition) is 7. The minimum absolute atomic E-state index is 0.0109. The second-order valence-electron chi connectivity index (χ2n) is 8.71. The first-order valence-electron chi connectivity index (χ1n) is 12.2. The third-order valence-electron chi connectivity index (χ3n) is 5.77. The Bertz CT molecular complexity index is 1580. The smallest absolute Gasteiger partial charge is 0.416 e. The quantitative estimate of drug-likeness (QED) is 0.231. The number of pyridine rings is 1. The molecule has 13 nitrogen and oxygen atoms in total. The number of nitrogens with zero attached hydrogens (tertiary/aromatic N) is 2. The number of halogens is 3. The van der Waals surface area contributed by atoms with Gasteiger partial charge < -0.3 is 35.5 Å². The molecule has 2 aromatic heterocycles. The van der Waals surface area contributed by atoms with Crippen molar-refractivity contribution in [3.05, 3.63) is 70.5 Å². The highest BCUT2D eigenvalue weighted by Gasteiger charge is 2.23. The van der Waals surface area contributed by atoms with Crippen molar-refractivity contribution in [2.24, 2.45) is 5.73 Å². The molecule has 224 valence electrons. The second-order valence-corrected chi connectivity index (χ2v) is 8.71. The van der Waals surface area contributed by atoms with Gasteiger partial charge in [-0.25, -0.2) is 27.3 Å². The predicted molar refractivity (Wildman–Crippen MR) is 142 cm³/mol. The maximum atomic E-state index is 14.2. The number of carbonyl (C=O) groups is 4. The molecule has 1 unspecified atom stereocenters. The molecule has 0 radical (unpaired) electrons. The number of fused-ring (bicyclic) bond motifs is 1. The van der Waals surface area contributed by atoms with Crippen LogP contribution in [-0.4, -0.2) is 64.4 Å². The first-order chi connectivity index (χ1) is 19.9. The lowest BCUT2D eigenvalue weighted by Crippen LogP contribution is -2.44. The van der Waals surface area contributed by atoms with E-state index < -0.39 is 60.2 Å². The standard InChI is InChI=1S/C26H26F3N5O8/c1-41-25(38)32-17(5-2-3-7-21(30)35)23(36)31-18-6-4-8-33(24(18)37)12-16-10-14-9-15(27)11-19(42-13-20(28)29)22(14)34(16)26(39)40/h3-4,6-11,17,20H,2,5,12-13H2,1H3,(H2,30,35)(H,31,36)(H,32,38)(H,39,40)/b7-3+. The van der Waals surface area contributed by atoms with Gasteiger partial charge in [0.25, 0.3) is 12.0 Å². The van der Waals surface area contributed by atoms with Crippen LogP contribution in [-0.2, 0) is 20.9 Å². The van der Waals surface area contributed by atoms with E-state index in [1.165, 1.54) is 30.5 Å². The van der Waals surface area contributed by atoms with Gasteiger partial charge in [0.2, 0.25) is 11.8 Å². The molecule has 1 aromatic carbocycles. The topological polar surface area (TPSA) is 184 Å². The van der Waals surface area contributed by atoms with Crippen LogP contribution in [0.1, 0.15) is 18.5 Å². The fourth-order valence-corrected chi connectivity index (χ4v) is 4.01. The molecule has 3 aromatic rings.